The fourth-order valence-corrected chi connectivity index (χ4v) is 4.81. The zero-order chi connectivity index (χ0) is 22.3. The van der Waals surface area contributed by atoms with Gasteiger partial charge in [-0.25, -0.2) is 0 Å². The van der Waals surface area contributed by atoms with Crippen LogP contribution in [0.4, 0.5) is 11.4 Å². The molecule has 3 aromatic carbocycles. The first-order valence-corrected chi connectivity index (χ1v) is 11.8. The number of anilines is 2. The van der Waals surface area contributed by atoms with Gasteiger partial charge in [0.2, 0.25) is 0 Å². The summed E-state index contributed by atoms with van der Waals surface area (Å²) < 4.78 is 28.0. The second kappa shape index (κ2) is 10.8. The number of halogens is 2. The van der Waals surface area contributed by atoms with E-state index in [4.69, 9.17) is 33.8 Å². The lowest BCUT2D eigenvalue weighted by Gasteiger charge is -2.25. The molecule has 3 rings (SSSR count). The predicted octanol–water partition coefficient (Wildman–Crippen LogP) is 4.73. The number of benzene rings is 3. The molecule has 0 aliphatic rings. The van der Waals surface area contributed by atoms with Gasteiger partial charge in [0.05, 0.1) is 17.2 Å². The van der Waals surface area contributed by atoms with Gasteiger partial charge in [0.15, 0.2) is 0 Å². The molecule has 0 saturated carbocycles. The number of hydrogen-bond donors (Lipinski definition) is 2. The van der Waals surface area contributed by atoms with E-state index < -0.39 is 10.0 Å². The Hall–Kier alpha value is -2.29. The maximum absolute atomic E-state index is 13.5. The molecule has 0 spiro atoms. The largest absolute Gasteiger partial charge is 0.383 e. The SMILES string of the molecule is NCCc1cc(Cl)ccc1S(=O)(=O)N(OCCNc1ccc(Cl)cc1)c1ccccc1. The zero-order valence-corrected chi connectivity index (χ0v) is 19.0. The van der Waals surface area contributed by atoms with Crippen molar-refractivity contribution in [1.82, 2.24) is 0 Å². The van der Waals surface area contributed by atoms with E-state index in [1.807, 2.05) is 12.1 Å². The van der Waals surface area contributed by atoms with Crippen molar-refractivity contribution >= 4 is 44.6 Å². The van der Waals surface area contributed by atoms with Crippen molar-refractivity contribution in [3.05, 3.63) is 88.4 Å². The Balaban J connectivity index is 1.83. The molecule has 0 radical (unpaired) electrons. The van der Waals surface area contributed by atoms with E-state index in [0.29, 0.717) is 40.8 Å². The summed E-state index contributed by atoms with van der Waals surface area (Å²) >= 11 is 12.0. The summed E-state index contributed by atoms with van der Waals surface area (Å²) in [5, 5.41) is 4.25. The minimum Gasteiger partial charge on any atom is -0.383 e. The summed E-state index contributed by atoms with van der Waals surface area (Å²) in [7, 11) is -4.02. The molecule has 0 unspecified atom stereocenters. The standard InChI is InChI=1S/C22H23Cl2N3O3S/c23-18-6-9-20(10-7-18)26-14-15-30-27(21-4-2-1-3-5-21)31(28,29)22-11-8-19(24)16-17(22)12-13-25/h1-11,16,26H,12-15,25H2. The molecule has 9 heteroatoms. The first-order valence-electron chi connectivity index (χ1n) is 9.63. The molecule has 0 aliphatic heterocycles. The molecular formula is C22H23Cl2N3O3S. The summed E-state index contributed by atoms with van der Waals surface area (Å²) in [4.78, 5) is 5.86. The third kappa shape index (κ3) is 6.12. The lowest BCUT2D eigenvalue weighted by Crippen LogP contribution is -2.33. The van der Waals surface area contributed by atoms with Crippen LogP contribution >= 0.6 is 23.2 Å². The highest BCUT2D eigenvalue weighted by Gasteiger charge is 2.28. The molecule has 0 fully saturated rings. The molecule has 0 amide bonds. The van der Waals surface area contributed by atoms with Crippen LogP contribution in [0.25, 0.3) is 0 Å². The Morgan fingerprint density at radius 1 is 0.935 bits per heavy atom. The first kappa shape index (κ1) is 23.4. The highest BCUT2D eigenvalue weighted by atomic mass is 35.5. The van der Waals surface area contributed by atoms with Gasteiger partial charge in [-0.05, 0) is 73.1 Å². The van der Waals surface area contributed by atoms with Crippen molar-refractivity contribution in [3.8, 4) is 0 Å². The molecule has 0 heterocycles. The van der Waals surface area contributed by atoms with E-state index >= 15 is 0 Å². The summed E-state index contributed by atoms with van der Waals surface area (Å²) in [6, 6.07) is 20.5. The third-order valence-electron chi connectivity index (χ3n) is 4.38. The molecule has 0 atom stereocenters. The van der Waals surface area contributed by atoms with E-state index in [9.17, 15) is 8.42 Å². The van der Waals surface area contributed by atoms with E-state index in [2.05, 4.69) is 5.32 Å². The van der Waals surface area contributed by atoms with Crippen molar-refractivity contribution in [2.24, 2.45) is 5.73 Å². The third-order valence-corrected chi connectivity index (χ3v) is 6.58. The molecular weight excluding hydrogens is 457 g/mol. The maximum Gasteiger partial charge on any atom is 0.287 e. The molecule has 3 aromatic rings. The Bertz CT molecular complexity index is 1090. The molecule has 164 valence electrons. The lowest BCUT2D eigenvalue weighted by molar-refractivity contribution is 0.159. The van der Waals surface area contributed by atoms with Gasteiger partial charge in [0.25, 0.3) is 10.0 Å². The Kier molecular flexibility index (Phi) is 8.17. The summed E-state index contributed by atoms with van der Waals surface area (Å²) in [6.45, 7) is 0.785. The number of sulfonamides is 1. The molecule has 3 N–H and O–H groups in total. The molecule has 0 aromatic heterocycles. The number of rotatable bonds is 10. The number of nitrogens with two attached hydrogens (primary N) is 1. The Labute approximate surface area is 192 Å². The van der Waals surface area contributed by atoms with Crippen molar-refractivity contribution in [1.29, 1.82) is 0 Å². The van der Waals surface area contributed by atoms with Crippen molar-refractivity contribution in [2.75, 3.05) is 29.5 Å². The topological polar surface area (TPSA) is 84.7 Å². The van der Waals surface area contributed by atoms with Gasteiger partial charge in [0, 0.05) is 22.3 Å². The quantitative estimate of drug-likeness (QED) is 0.324. The number of para-hydroxylation sites is 1. The molecule has 0 bridgehead atoms. The summed E-state index contributed by atoms with van der Waals surface area (Å²) in [5.74, 6) is 0. The Morgan fingerprint density at radius 3 is 2.29 bits per heavy atom. The van der Waals surface area contributed by atoms with Crippen LogP contribution in [0.15, 0.2) is 77.7 Å². The molecule has 6 nitrogen and oxygen atoms in total. The van der Waals surface area contributed by atoms with Gasteiger partial charge in [0.1, 0.15) is 0 Å². The normalized spacial score (nSPS) is 11.3. The van der Waals surface area contributed by atoms with Gasteiger partial charge in [-0.2, -0.15) is 8.42 Å². The minimum absolute atomic E-state index is 0.108. The summed E-state index contributed by atoms with van der Waals surface area (Å²) in [6.07, 6.45) is 0.371. The van der Waals surface area contributed by atoms with Gasteiger partial charge in [-0.15, -0.1) is 4.47 Å². The van der Waals surface area contributed by atoms with E-state index in [1.54, 1.807) is 54.6 Å². The van der Waals surface area contributed by atoms with Crippen LogP contribution in [0.2, 0.25) is 10.0 Å². The number of nitrogens with one attached hydrogen (secondary N) is 1. The second-order valence-electron chi connectivity index (χ2n) is 6.63. The van der Waals surface area contributed by atoms with Crippen LogP contribution in [-0.2, 0) is 21.3 Å². The van der Waals surface area contributed by atoms with Gasteiger partial charge < -0.3 is 11.1 Å². The lowest BCUT2D eigenvalue weighted by atomic mass is 10.1. The average Bonchev–Trinajstić information content (AvgIpc) is 2.75. The van der Waals surface area contributed by atoms with E-state index in [1.165, 1.54) is 6.07 Å². The highest BCUT2D eigenvalue weighted by molar-refractivity contribution is 7.92. The van der Waals surface area contributed by atoms with Crippen LogP contribution in [-0.4, -0.2) is 28.1 Å². The molecule has 0 saturated heterocycles. The first-order chi connectivity index (χ1) is 14.9. The van der Waals surface area contributed by atoms with Crippen LogP contribution in [0.3, 0.4) is 0 Å². The van der Waals surface area contributed by atoms with Gasteiger partial charge >= 0.3 is 0 Å². The van der Waals surface area contributed by atoms with Crippen molar-refractivity contribution in [2.45, 2.75) is 11.3 Å². The van der Waals surface area contributed by atoms with Crippen molar-refractivity contribution in [3.63, 3.8) is 0 Å². The highest BCUT2D eigenvalue weighted by Crippen LogP contribution is 2.28. The number of nitrogens with zero attached hydrogens (tertiary/aromatic N) is 1. The smallest absolute Gasteiger partial charge is 0.287 e. The van der Waals surface area contributed by atoms with Crippen LogP contribution in [0.1, 0.15) is 5.56 Å². The van der Waals surface area contributed by atoms with Crippen molar-refractivity contribution < 1.29 is 13.3 Å². The average molecular weight is 480 g/mol. The fourth-order valence-electron chi connectivity index (χ4n) is 2.96. The zero-order valence-electron chi connectivity index (χ0n) is 16.7. The molecule has 0 aliphatic carbocycles. The fraction of sp³-hybridized carbons (Fsp3) is 0.182. The van der Waals surface area contributed by atoms with Crippen LogP contribution in [0.5, 0.6) is 0 Å². The van der Waals surface area contributed by atoms with E-state index in [-0.39, 0.29) is 11.5 Å². The maximum atomic E-state index is 13.5. The Morgan fingerprint density at radius 2 is 1.61 bits per heavy atom. The van der Waals surface area contributed by atoms with Crippen LogP contribution < -0.4 is 15.5 Å². The second-order valence-corrected chi connectivity index (χ2v) is 9.22. The predicted molar refractivity (Wildman–Crippen MR) is 126 cm³/mol. The van der Waals surface area contributed by atoms with E-state index in [0.717, 1.165) is 10.2 Å². The monoisotopic (exact) mass is 479 g/mol. The molecule has 31 heavy (non-hydrogen) atoms. The van der Waals surface area contributed by atoms with Crippen LogP contribution in [0, 0.1) is 0 Å². The van der Waals surface area contributed by atoms with Gasteiger partial charge in [-0.3, -0.25) is 4.84 Å². The van der Waals surface area contributed by atoms with Gasteiger partial charge in [-0.1, -0.05) is 41.4 Å². The summed E-state index contributed by atoms with van der Waals surface area (Å²) in [5.41, 5.74) is 7.46. The number of hydrogen-bond acceptors (Lipinski definition) is 5. The minimum atomic E-state index is -4.02.